The second-order valence-corrected chi connectivity index (χ2v) is 5.28. The summed E-state index contributed by atoms with van der Waals surface area (Å²) in [5.74, 6) is -0.347. The molecule has 0 aromatic heterocycles. The number of aliphatic hydroxyl groups excluding tert-OH is 1. The van der Waals surface area contributed by atoms with Crippen LogP contribution >= 0.6 is 0 Å². The summed E-state index contributed by atoms with van der Waals surface area (Å²) < 4.78 is 5.24. The van der Waals surface area contributed by atoms with Gasteiger partial charge in [-0.1, -0.05) is 38.7 Å². The van der Waals surface area contributed by atoms with Crippen LogP contribution in [0.2, 0.25) is 0 Å². The highest BCUT2D eigenvalue weighted by Gasteiger charge is 2.31. The van der Waals surface area contributed by atoms with Crippen LogP contribution in [0.5, 0.6) is 0 Å². The molecule has 1 aliphatic carbocycles. The van der Waals surface area contributed by atoms with Gasteiger partial charge in [0.1, 0.15) is 0 Å². The Bertz CT molecular complexity index is 263. The van der Waals surface area contributed by atoms with E-state index in [1.165, 1.54) is 19.3 Å². The van der Waals surface area contributed by atoms with Crippen molar-refractivity contribution < 1.29 is 14.6 Å². The minimum atomic E-state index is -0.347. The van der Waals surface area contributed by atoms with Gasteiger partial charge in [0.05, 0.1) is 13.2 Å². The van der Waals surface area contributed by atoms with E-state index in [9.17, 15) is 9.90 Å². The van der Waals surface area contributed by atoms with Crippen LogP contribution in [0, 0.1) is 5.41 Å². The smallest absolute Gasteiger partial charge is 0.333 e. The van der Waals surface area contributed by atoms with Crippen molar-refractivity contribution in [2.75, 3.05) is 13.2 Å². The molecule has 0 atom stereocenters. The minimum absolute atomic E-state index is 0.108. The second kappa shape index (κ2) is 6.80. The molecule has 3 nitrogen and oxygen atoms in total. The van der Waals surface area contributed by atoms with E-state index in [1.807, 2.05) is 0 Å². The van der Waals surface area contributed by atoms with Gasteiger partial charge in [-0.15, -0.1) is 0 Å². The summed E-state index contributed by atoms with van der Waals surface area (Å²) in [5, 5.41) is 9.60. The van der Waals surface area contributed by atoms with Crippen LogP contribution in [-0.2, 0) is 9.53 Å². The van der Waals surface area contributed by atoms with Crippen molar-refractivity contribution in [1.82, 2.24) is 0 Å². The number of aliphatic hydroxyl groups is 1. The van der Waals surface area contributed by atoms with E-state index in [4.69, 9.17) is 4.74 Å². The fourth-order valence-corrected chi connectivity index (χ4v) is 2.35. The van der Waals surface area contributed by atoms with Crippen LogP contribution in [0.25, 0.3) is 0 Å². The van der Waals surface area contributed by atoms with Gasteiger partial charge in [0.25, 0.3) is 0 Å². The lowest BCUT2D eigenvalue weighted by Crippen LogP contribution is -2.33. The molecular weight excluding hydrogens is 216 g/mol. The molecule has 1 N–H and O–H groups in total. The third-order valence-electron chi connectivity index (χ3n) is 3.61. The van der Waals surface area contributed by atoms with E-state index in [-0.39, 0.29) is 18.0 Å². The number of hydrogen-bond donors (Lipinski definition) is 1. The molecule has 0 radical (unpaired) electrons. The molecule has 0 bridgehead atoms. The maximum atomic E-state index is 11.4. The lowest BCUT2D eigenvalue weighted by Gasteiger charge is -2.33. The zero-order valence-corrected chi connectivity index (χ0v) is 10.8. The number of esters is 1. The van der Waals surface area contributed by atoms with Gasteiger partial charge >= 0.3 is 5.97 Å². The van der Waals surface area contributed by atoms with Crippen LogP contribution in [-0.4, -0.2) is 24.3 Å². The molecule has 17 heavy (non-hydrogen) atoms. The molecule has 0 amide bonds. The van der Waals surface area contributed by atoms with E-state index in [0.717, 1.165) is 25.7 Å². The van der Waals surface area contributed by atoms with E-state index in [0.29, 0.717) is 12.2 Å². The first-order chi connectivity index (χ1) is 8.09. The molecular formula is C14H24O3. The number of ether oxygens (including phenoxy) is 1. The first-order valence-corrected chi connectivity index (χ1v) is 6.53. The number of rotatable bonds is 4. The van der Waals surface area contributed by atoms with Gasteiger partial charge in [-0.25, -0.2) is 4.79 Å². The first-order valence-electron chi connectivity index (χ1n) is 6.53. The Balaban J connectivity index is 2.53. The Morgan fingerprint density at radius 1 is 1.24 bits per heavy atom. The van der Waals surface area contributed by atoms with Crippen molar-refractivity contribution in [2.24, 2.45) is 5.41 Å². The van der Waals surface area contributed by atoms with Gasteiger partial charge in [0.2, 0.25) is 0 Å². The van der Waals surface area contributed by atoms with Crippen LogP contribution in [0.3, 0.4) is 0 Å². The van der Waals surface area contributed by atoms with Gasteiger partial charge in [-0.2, -0.15) is 0 Å². The van der Waals surface area contributed by atoms with E-state index in [1.54, 1.807) is 6.92 Å². The minimum Gasteiger partial charge on any atom is -0.462 e. The normalized spacial score (nSPS) is 20.1. The zero-order chi connectivity index (χ0) is 12.7. The van der Waals surface area contributed by atoms with E-state index in [2.05, 4.69) is 6.58 Å². The zero-order valence-electron chi connectivity index (χ0n) is 10.8. The topological polar surface area (TPSA) is 46.5 Å². The summed E-state index contributed by atoms with van der Waals surface area (Å²) in [6.45, 7) is 5.64. The Hall–Kier alpha value is -0.830. The monoisotopic (exact) mass is 240 g/mol. The third kappa shape index (κ3) is 4.50. The number of carbonyl (C=O) groups is 1. The van der Waals surface area contributed by atoms with Gasteiger partial charge in [-0.3, -0.25) is 0 Å². The van der Waals surface area contributed by atoms with Crippen molar-refractivity contribution in [3.05, 3.63) is 12.2 Å². The Labute approximate surface area is 104 Å². The molecule has 0 spiro atoms. The molecule has 0 aliphatic heterocycles. The van der Waals surface area contributed by atoms with Crippen molar-refractivity contribution in [3.63, 3.8) is 0 Å². The predicted octanol–water partition coefficient (Wildman–Crippen LogP) is 2.83. The lowest BCUT2D eigenvalue weighted by molar-refractivity contribution is -0.144. The third-order valence-corrected chi connectivity index (χ3v) is 3.61. The molecule has 0 heterocycles. The molecule has 1 rings (SSSR count). The van der Waals surface area contributed by atoms with Gasteiger partial charge < -0.3 is 9.84 Å². The Morgan fingerprint density at radius 2 is 1.76 bits per heavy atom. The van der Waals surface area contributed by atoms with E-state index < -0.39 is 0 Å². The van der Waals surface area contributed by atoms with Gasteiger partial charge in [0, 0.05) is 11.0 Å². The summed E-state index contributed by atoms with van der Waals surface area (Å²) in [4.78, 5) is 11.4. The van der Waals surface area contributed by atoms with Gasteiger partial charge in [0.15, 0.2) is 0 Å². The summed E-state index contributed by atoms with van der Waals surface area (Å²) >= 11 is 0. The molecule has 98 valence electrons. The fraction of sp³-hybridized carbons (Fsp3) is 0.786. The van der Waals surface area contributed by atoms with Crippen molar-refractivity contribution >= 4 is 5.97 Å². The van der Waals surface area contributed by atoms with Crippen LogP contribution in [0.4, 0.5) is 0 Å². The van der Waals surface area contributed by atoms with E-state index >= 15 is 0 Å². The standard InChI is InChI=1S/C14H24O3/c1-12(2)13(16)17-11-14(10-15)8-6-4-3-5-7-9-14/h15H,1,3-11H2,2H3. The average molecular weight is 240 g/mol. The van der Waals surface area contributed by atoms with Crippen molar-refractivity contribution in [1.29, 1.82) is 0 Å². The molecule has 1 fully saturated rings. The fourth-order valence-electron chi connectivity index (χ4n) is 2.35. The molecule has 0 aromatic carbocycles. The number of carbonyl (C=O) groups excluding carboxylic acids is 1. The molecule has 1 aliphatic rings. The second-order valence-electron chi connectivity index (χ2n) is 5.28. The summed E-state index contributed by atoms with van der Waals surface area (Å²) in [7, 11) is 0. The SMILES string of the molecule is C=C(C)C(=O)OCC1(CO)CCCCCCC1. The highest BCUT2D eigenvalue weighted by atomic mass is 16.5. The highest BCUT2D eigenvalue weighted by molar-refractivity contribution is 5.86. The van der Waals surface area contributed by atoms with Crippen LogP contribution < -0.4 is 0 Å². The quantitative estimate of drug-likeness (QED) is 0.607. The van der Waals surface area contributed by atoms with Crippen LogP contribution in [0.1, 0.15) is 51.9 Å². The Morgan fingerprint density at radius 3 is 2.24 bits per heavy atom. The average Bonchev–Trinajstić information content (AvgIpc) is 2.28. The first kappa shape index (κ1) is 14.2. The number of hydrogen-bond acceptors (Lipinski definition) is 3. The Kier molecular flexibility index (Phi) is 5.69. The summed E-state index contributed by atoms with van der Waals surface area (Å²) in [6, 6.07) is 0. The van der Waals surface area contributed by atoms with Crippen molar-refractivity contribution in [2.45, 2.75) is 51.9 Å². The van der Waals surface area contributed by atoms with Gasteiger partial charge in [-0.05, 0) is 19.8 Å². The maximum Gasteiger partial charge on any atom is 0.333 e. The molecule has 0 unspecified atom stereocenters. The summed E-state index contributed by atoms with van der Waals surface area (Å²) in [5.41, 5.74) is 0.204. The largest absolute Gasteiger partial charge is 0.462 e. The maximum absolute atomic E-state index is 11.4. The predicted molar refractivity (Wildman–Crippen MR) is 67.6 cm³/mol. The van der Waals surface area contributed by atoms with Crippen molar-refractivity contribution in [3.8, 4) is 0 Å². The molecule has 3 heteroatoms. The molecule has 0 aromatic rings. The lowest BCUT2D eigenvalue weighted by atomic mass is 9.77. The van der Waals surface area contributed by atoms with Crippen LogP contribution in [0.15, 0.2) is 12.2 Å². The highest BCUT2D eigenvalue weighted by Crippen LogP contribution is 2.34. The summed E-state index contributed by atoms with van der Waals surface area (Å²) in [6.07, 6.45) is 7.86. The molecule has 0 saturated heterocycles. The molecule has 1 saturated carbocycles.